The summed E-state index contributed by atoms with van der Waals surface area (Å²) in [6, 6.07) is 13.9. The van der Waals surface area contributed by atoms with Crippen molar-refractivity contribution in [2.24, 2.45) is 5.92 Å². The molecule has 0 saturated carbocycles. The molecule has 0 radical (unpaired) electrons. The van der Waals surface area contributed by atoms with Gasteiger partial charge in [0.15, 0.2) is 0 Å². The Kier molecular flexibility index (Phi) is 7.16. The number of halogens is 1. The number of ether oxygens (including phenoxy) is 1. The Morgan fingerprint density at radius 2 is 1.86 bits per heavy atom. The first-order chi connectivity index (χ1) is 13.9. The first-order valence-corrected chi connectivity index (χ1v) is 11.4. The fourth-order valence-electron chi connectivity index (χ4n) is 3.25. The lowest BCUT2D eigenvalue weighted by atomic mass is 9.97. The summed E-state index contributed by atoms with van der Waals surface area (Å²) < 4.78 is 32.4. The largest absolute Gasteiger partial charge is 0.492 e. The van der Waals surface area contributed by atoms with Crippen molar-refractivity contribution in [2.45, 2.75) is 24.7 Å². The Balaban J connectivity index is 1.42. The van der Waals surface area contributed by atoms with Gasteiger partial charge in [-0.25, -0.2) is 8.42 Å². The van der Waals surface area contributed by atoms with E-state index in [9.17, 15) is 13.2 Å². The van der Waals surface area contributed by atoms with Crippen LogP contribution in [0.1, 0.15) is 18.4 Å². The van der Waals surface area contributed by atoms with Gasteiger partial charge in [0.05, 0.1) is 11.4 Å². The van der Waals surface area contributed by atoms with Gasteiger partial charge >= 0.3 is 0 Å². The molecule has 1 N–H and O–H groups in total. The van der Waals surface area contributed by atoms with Crippen LogP contribution in [-0.4, -0.2) is 44.9 Å². The molecule has 0 bridgehead atoms. The molecule has 2 aromatic carbocycles. The fraction of sp³-hybridized carbons (Fsp3) is 0.381. The molecular formula is C21H25ClN2O4S. The molecule has 0 atom stereocenters. The highest BCUT2D eigenvalue weighted by Gasteiger charge is 2.31. The summed E-state index contributed by atoms with van der Waals surface area (Å²) in [5.74, 6) is 0.410. The molecule has 1 aliphatic rings. The van der Waals surface area contributed by atoms with Crippen molar-refractivity contribution in [1.29, 1.82) is 0 Å². The van der Waals surface area contributed by atoms with E-state index in [4.69, 9.17) is 16.3 Å². The highest BCUT2D eigenvalue weighted by molar-refractivity contribution is 7.89. The molecule has 0 spiro atoms. The second kappa shape index (κ2) is 9.61. The van der Waals surface area contributed by atoms with Crippen molar-refractivity contribution < 1.29 is 17.9 Å². The first-order valence-electron chi connectivity index (χ1n) is 9.60. The zero-order valence-electron chi connectivity index (χ0n) is 16.3. The zero-order valence-corrected chi connectivity index (χ0v) is 17.9. The monoisotopic (exact) mass is 436 g/mol. The van der Waals surface area contributed by atoms with Crippen LogP contribution in [0.15, 0.2) is 53.4 Å². The van der Waals surface area contributed by atoms with Crippen LogP contribution in [-0.2, 0) is 14.8 Å². The van der Waals surface area contributed by atoms with E-state index >= 15 is 0 Å². The van der Waals surface area contributed by atoms with Crippen molar-refractivity contribution in [2.75, 3.05) is 26.2 Å². The molecule has 8 heteroatoms. The highest BCUT2D eigenvalue weighted by Crippen LogP contribution is 2.24. The molecule has 1 fully saturated rings. The molecule has 1 heterocycles. The van der Waals surface area contributed by atoms with Crippen LogP contribution in [0, 0.1) is 12.8 Å². The van der Waals surface area contributed by atoms with E-state index in [1.807, 2.05) is 19.1 Å². The van der Waals surface area contributed by atoms with Gasteiger partial charge in [-0.15, -0.1) is 0 Å². The molecule has 1 amide bonds. The van der Waals surface area contributed by atoms with Crippen LogP contribution in [0.25, 0.3) is 0 Å². The van der Waals surface area contributed by atoms with Crippen molar-refractivity contribution in [3.8, 4) is 5.75 Å². The second-order valence-corrected chi connectivity index (χ2v) is 9.39. The van der Waals surface area contributed by atoms with Gasteiger partial charge < -0.3 is 10.1 Å². The minimum atomic E-state index is -3.50. The third-order valence-electron chi connectivity index (χ3n) is 5.02. The van der Waals surface area contributed by atoms with E-state index in [0.717, 1.165) is 5.56 Å². The third-order valence-corrected chi connectivity index (χ3v) is 7.34. The van der Waals surface area contributed by atoms with Crippen LogP contribution in [0.5, 0.6) is 5.75 Å². The predicted octanol–water partition coefficient (Wildman–Crippen LogP) is 3.24. The summed E-state index contributed by atoms with van der Waals surface area (Å²) in [4.78, 5) is 12.7. The smallest absolute Gasteiger partial charge is 0.243 e. The normalized spacial score (nSPS) is 15.8. The minimum Gasteiger partial charge on any atom is -0.492 e. The van der Waals surface area contributed by atoms with Crippen molar-refractivity contribution >= 4 is 27.5 Å². The van der Waals surface area contributed by atoms with E-state index in [1.54, 1.807) is 36.4 Å². The summed E-state index contributed by atoms with van der Waals surface area (Å²) in [7, 11) is -3.50. The summed E-state index contributed by atoms with van der Waals surface area (Å²) in [5, 5.41) is 3.51. The highest BCUT2D eigenvalue weighted by atomic mass is 35.5. The van der Waals surface area contributed by atoms with Crippen molar-refractivity contribution in [1.82, 2.24) is 9.62 Å². The summed E-state index contributed by atoms with van der Waals surface area (Å²) >= 11 is 6.07. The molecule has 2 aromatic rings. The minimum absolute atomic E-state index is 0.0627. The first kappa shape index (κ1) is 21.6. The number of rotatable bonds is 7. The number of aryl methyl sites for hydroxylation is 1. The van der Waals surface area contributed by atoms with Gasteiger partial charge in [0, 0.05) is 24.0 Å². The number of piperidine rings is 1. The standard InChI is InChI=1S/C21H25ClN2O4S/c1-16-7-8-18(15-20(16)22)28-14-11-23-21(25)17-9-12-24(13-10-17)29(26,27)19-5-3-2-4-6-19/h2-8,15,17H,9-14H2,1H3,(H,23,25). The summed E-state index contributed by atoms with van der Waals surface area (Å²) in [6.07, 6.45) is 1.01. The Morgan fingerprint density at radius 1 is 1.17 bits per heavy atom. The molecule has 156 valence electrons. The number of amides is 1. The second-order valence-electron chi connectivity index (χ2n) is 7.04. The van der Waals surface area contributed by atoms with Crippen molar-refractivity contribution in [3.05, 3.63) is 59.1 Å². The van der Waals surface area contributed by atoms with E-state index < -0.39 is 10.0 Å². The topological polar surface area (TPSA) is 75.7 Å². The molecule has 29 heavy (non-hydrogen) atoms. The summed E-state index contributed by atoms with van der Waals surface area (Å²) in [5.41, 5.74) is 0.980. The number of nitrogens with zero attached hydrogens (tertiary/aromatic N) is 1. The molecule has 0 aromatic heterocycles. The Morgan fingerprint density at radius 3 is 2.52 bits per heavy atom. The Bertz CT molecular complexity index is 942. The average Bonchev–Trinajstić information content (AvgIpc) is 2.74. The van der Waals surface area contributed by atoms with Crippen LogP contribution in [0.4, 0.5) is 0 Å². The number of benzene rings is 2. The predicted molar refractivity (Wildman–Crippen MR) is 113 cm³/mol. The van der Waals surface area contributed by atoms with E-state index in [2.05, 4.69) is 5.32 Å². The molecule has 3 rings (SSSR count). The molecular weight excluding hydrogens is 412 g/mol. The Hall–Kier alpha value is -2.09. The lowest BCUT2D eigenvalue weighted by Gasteiger charge is -2.30. The molecule has 1 aliphatic heterocycles. The van der Waals surface area contributed by atoms with E-state index in [-0.39, 0.29) is 16.7 Å². The quantitative estimate of drug-likeness (QED) is 0.676. The van der Waals surface area contributed by atoms with Crippen LogP contribution in [0.3, 0.4) is 0 Å². The van der Waals surface area contributed by atoms with Crippen LogP contribution in [0.2, 0.25) is 5.02 Å². The lowest BCUT2D eigenvalue weighted by molar-refractivity contribution is -0.126. The van der Waals surface area contributed by atoms with Gasteiger partial charge in [-0.3, -0.25) is 4.79 Å². The lowest BCUT2D eigenvalue weighted by Crippen LogP contribution is -2.43. The molecule has 1 saturated heterocycles. The van der Waals surface area contributed by atoms with Crippen molar-refractivity contribution in [3.63, 3.8) is 0 Å². The summed E-state index contributed by atoms with van der Waals surface area (Å²) in [6.45, 7) is 3.32. The van der Waals surface area contributed by atoms with Crippen LogP contribution >= 0.6 is 11.6 Å². The van der Waals surface area contributed by atoms with Gasteiger partial charge in [0.2, 0.25) is 15.9 Å². The zero-order chi connectivity index (χ0) is 20.9. The SMILES string of the molecule is Cc1ccc(OCCNC(=O)C2CCN(S(=O)(=O)c3ccccc3)CC2)cc1Cl. The molecule has 6 nitrogen and oxygen atoms in total. The number of hydrogen-bond acceptors (Lipinski definition) is 4. The maximum Gasteiger partial charge on any atom is 0.243 e. The molecule has 0 aliphatic carbocycles. The van der Waals surface area contributed by atoms with E-state index in [0.29, 0.717) is 49.9 Å². The van der Waals surface area contributed by atoms with Gasteiger partial charge in [0.1, 0.15) is 12.4 Å². The van der Waals surface area contributed by atoms with E-state index in [1.165, 1.54) is 4.31 Å². The number of hydrogen-bond donors (Lipinski definition) is 1. The number of sulfonamides is 1. The number of carbonyl (C=O) groups excluding carboxylic acids is 1. The fourth-order valence-corrected chi connectivity index (χ4v) is 4.91. The Labute approximate surface area is 176 Å². The van der Waals surface area contributed by atoms with Gasteiger partial charge in [-0.1, -0.05) is 35.9 Å². The average molecular weight is 437 g/mol. The van der Waals surface area contributed by atoms with Gasteiger partial charge in [-0.05, 0) is 49.6 Å². The van der Waals surface area contributed by atoms with Gasteiger partial charge in [0.25, 0.3) is 0 Å². The van der Waals surface area contributed by atoms with Gasteiger partial charge in [-0.2, -0.15) is 4.31 Å². The third kappa shape index (κ3) is 5.50. The maximum atomic E-state index is 12.7. The molecule has 0 unspecified atom stereocenters. The van der Waals surface area contributed by atoms with Crippen LogP contribution < -0.4 is 10.1 Å². The maximum absolute atomic E-state index is 12.7. The number of carbonyl (C=O) groups is 1. The number of nitrogens with one attached hydrogen (secondary N) is 1.